The second-order valence-electron chi connectivity index (χ2n) is 4.64. The average Bonchev–Trinajstić information content (AvgIpc) is 2.88. The van der Waals surface area contributed by atoms with Gasteiger partial charge in [-0.2, -0.15) is 18.3 Å². The average molecular weight is 298 g/mol. The zero-order valence-corrected chi connectivity index (χ0v) is 11.0. The lowest BCUT2D eigenvalue weighted by molar-refractivity contribution is -0.138. The highest BCUT2D eigenvalue weighted by atomic mass is 19.4. The number of nitrogens with zero attached hydrogens (tertiary/aromatic N) is 3. The normalized spacial score (nSPS) is 14.8. The summed E-state index contributed by atoms with van der Waals surface area (Å²) < 4.78 is 45.9. The van der Waals surface area contributed by atoms with E-state index in [1.807, 2.05) is 0 Å². The predicted molar refractivity (Wildman–Crippen MR) is 67.5 cm³/mol. The van der Waals surface area contributed by atoms with E-state index in [1.165, 1.54) is 18.5 Å². The van der Waals surface area contributed by atoms with Gasteiger partial charge in [0.2, 0.25) is 0 Å². The van der Waals surface area contributed by atoms with E-state index in [4.69, 9.17) is 4.74 Å². The summed E-state index contributed by atoms with van der Waals surface area (Å²) in [5.74, 6) is 0.487. The van der Waals surface area contributed by atoms with Crippen molar-refractivity contribution < 1.29 is 17.9 Å². The van der Waals surface area contributed by atoms with E-state index in [9.17, 15) is 13.2 Å². The van der Waals surface area contributed by atoms with Crippen LogP contribution < -0.4 is 10.1 Å². The van der Waals surface area contributed by atoms with Crippen LogP contribution in [0.1, 0.15) is 17.0 Å². The van der Waals surface area contributed by atoms with Crippen molar-refractivity contribution in [2.24, 2.45) is 0 Å². The number of hydrogen-bond donors (Lipinski definition) is 1. The standard InChI is InChI=1S/C13H13F3N4O/c14-13(15,16)9-2-1-3-18-10(9)8-21-12-7-19-20-5-4-17-6-11(12)20/h1-3,7,17H,4-6,8H2. The number of aromatic nitrogens is 3. The highest BCUT2D eigenvalue weighted by Gasteiger charge is 2.34. The second kappa shape index (κ2) is 5.36. The summed E-state index contributed by atoms with van der Waals surface area (Å²) in [6.07, 6.45) is -1.59. The molecule has 2 aromatic heterocycles. The van der Waals surface area contributed by atoms with Gasteiger partial charge in [-0.25, -0.2) is 0 Å². The smallest absolute Gasteiger partial charge is 0.418 e. The van der Waals surface area contributed by atoms with E-state index in [2.05, 4.69) is 15.4 Å². The number of alkyl halides is 3. The molecule has 3 rings (SSSR count). The molecule has 0 bridgehead atoms. The number of ether oxygens (including phenoxy) is 1. The van der Waals surface area contributed by atoms with Crippen LogP contribution in [0.15, 0.2) is 24.5 Å². The number of pyridine rings is 1. The largest absolute Gasteiger partial charge is 0.484 e. The zero-order chi connectivity index (χ0) is 14.9. The van der Waals surface area contributed by atoms with Crippen molar-refractivity contribution >= 4 is 0 Å². The number of halogens is 3. The van der Waals surface area contributed by atoms with Crippen LogP contribution in [0.5, 0.6) is 5.75 Å². The van der Waals surface area contributed by atoms with Crippen molar-refractivity contribution in [1.29, 1.82) is 0 Å². The molecule has 0 unspecified atom stereocenters. The van der Waals surface area contributed by atoms with E-state index < -0.39 is 11.7 Å². The lowest BCUT2D eigenvalue weighted by atomic mass is 10.2. The van der Waals surface area contributed by atoms with Crippen LogP contribution in [0.4, 0.5) is 13.2 Å². The van der Waals surface area contributed by atoms with Crippen molar-refractivity contribution in [1.82, 2.24) is 20.1 Å². The molecule has 1 N–H and O–H groups in total. The molecular weight excluding hydrogens is 285 g/mol. The Bertz CT molecular complexity index is 639. The molecule has 0 aliphatic carbocycles. The molecule has 0 atom stereocenters. The van der Waals surface area contributed by atoms with Crippen LogP contribution in [0.25, 0.3) is 0 Å². The second-order valence-corrected chi connectivity index (χ2v) is 4.64. The molecular formula is C13H13F3N4O. The Hall–Kier alpha value is -2.09. The highest BCUT2D eigenvalue weighted by Crippen LogP contribution is 2.31. The van der Waals surface area contributed by atoms with Crippen molar-refractivity contribution in [3.63, 3.8) is 0 Å². The minimum Gasteiger partial charge on any atom is -0.484 e. The maximum Gasteiger partial charge on any atom is 0.418 e. The molecule has 112 valence electrons. The zero-order valence-electron chi connectivity index (χ0n) is 11.0. The van der Waals surface area contributed by atoms with Gasteiger partial charge >= 0.3 is 6.18 Å². The summed E-state index contributed by atoms with van der Waals surface area (Å²) in [6.45, 7) is 1.88. The Labute approximate surface area is 118 Å². The molecule has 0 aromatic carbocycles. The van der Waals surface area contributed by atoms with Gasteiger partial charge in [0.15, 0.2) is 5.75 Å². The van der Waals surface area contributed by atoms with Gasteiger partial charge in [-0.1, -0.05) is 0 Å². The van der Waals surface area contributed by atoms with E-state index in [0.717, 1.165) is 24.8 Å². The van der Waals surface area contributed by atoms with Gasteiger partial charge in [0, 0.05) is 19.3 Å². The molecule has 0 saturated heterocycles. The van der Waals surface area contributed by atoms with E-state index in [-0.39, 0.29) is 12.3 Å². The Morgan fingerprint density at radius 2 is 2.24 bits per heavy atom. The summed E-state index contributed by atoms with van der Waals surface area (Å²) in [5.41, 5.74) is -0.0661. The molecule has 1 aliphatic heterocycles. The summed E-state index contributed by atoms with van der Waals surface area (Å²) in [5, 5.41) is 7.31. The van der Waals surface area contributed by atoms with E-state index in [0.29, 0.717) is 12.3 Å². The first-order valence-corrected chi connectivity index (χ1v) is 6.45. The molecule has 1 aliphatic rings. The van der Waals surface area contributed by atoms with Crippen LogP contribution in [-0.4, -0.2) is 21.3 Å². The lowest BCUT2D eigenvalue weighted by Gasteiger charge is -2.16. The first-order chi connectivity index (χ1) is 10.1. The number of fused-ring (bicyclic) bond motifs is 1. The fraction of sp³-hybridized carbons (Fsp3) is 0.385. The third-order valence-electron chi connectivity index (χ3n) is 3.26. The summed E-state index contributed by atoms with van der Waals surface area (Å²) in [7, 11) is 0. The van der Waals surface area contributed by atoms with Gasteiger partial charge in [0.25, 0.3) is 0 Å². The fourth-order valence-electron chi connectivity index (χ4n) is 2.23. The molecule has 0 radical (unpaired) electrons. The lowest BCUT2D eigenvalue weighted by Crippen LogP contribution is -2.28. The SMILES string of the molecule is FC(F)(F)c1cccnc1COc1cnn2c1CNCC2. The van der Waals surface area contributed by atoms with Crippen molar-refractivity contribution in [3.8, 4) is 5.75 Å². The molecule has 0 saturated carbocycles. The van der Waals surface area contributed by atoms with E-state index in [1.54, 1.807) is 4.68 Å². The maximum absolute atomic E-state index is 12.9. The van der Waals surface area contributed by atoms with Gasteiger partial charge in [-0.15, -0.1) is 0 Å². The number of nitrogens with one attached hydrogen (secondary N) is 1. The molecule has 2 aromatic rings. The van der Waals surface area contributed by atoms with Crippen LogP contribution in [-0.2, 0) is 25.9 Å². The first kappa shape index (κ1) is 13.9. The minimum atomic E-state index is -4.44. The van der Waals surface area contributed by atoms with Gasteiger partial charge in [0.05, 0.1) is 29.7 Å². The third-order valence-corrected chi connectivity index (χ3v) is 3.26. The minimum absolute atomic E-state index is 0.131. The van der Waals surface area contributed by atoms with Gasteiger partial charge in [-0.05, 0) is 12.1 Å². The summed E-state index contributed by atoms with van der Waals surface area (Å²) in [6, 6.07) is 2.26. The molecule has 0 amide bonds. The molecule has 5 nitrogen and oxygen atoms in total. The summed E-state index contributed by atoms with van der Waals surface area (Å²) >= 11 is 0. The van der Waals surface area contributed by atoms with Gasteiger partial charge in [-0.3, -0.25) is 9.67 Å². The maximum atomic E-state index is 12.9. The Kier molecular flexibility index (Phi) is 3.54. The van der Waals surface area contributed by atoms with Crippen LogP contribution in [0, 0.1) is 0 Å². The highest BCUT2D eigenvalue weighted by molar-refractivity contribution is 5.28. The van der Waals surface area contributed by atoms with Crippen LogP contribution in [0.3, 0.4) is 0 Å². The quantitative estimate of drug-likeness (QED) is 0.941. The fourth-order valence-corrected chi connectivity index (χ4v) is 2.23. The monoisotopic (exact) mass is 298 g/mol. The third kappa shape index (κ3) is 2.85. The Balaban J connectivity index is 1.78. The summed E-state index contributed by atoms with van der Waals surface area (Å²) in [4.78, 5) is 3.77. The number of rotatable bonds is 3. The van der Waals surface area contributed by atoms with Gasteiger partial charge in [0.1, 0.15) is 6.61 Å². The Morgan fingerprint density at radius 3 is 3.05 bits per heavy atom. The molecule has 0 spiro atoms. The number of hydrogen-bond acceptors (Lipinski definition) is 4. The van der Waals surface area contributed by atoms with Crippen molar-refractivity contribution in [2.45, 2.75) is 25.9 Å². The molecule has 21 heavy (non-hydrogen) atoms. The Morgan fingerprint density at radius 1 is 1.38 bits per heavy atom. The van der Waals surface area contributed by atoms with Crippen LogP contribution in [0.2, 0.25) is 0 Å². The molecule has 3 heterocycles. The van der Waals surface area contributed by atoms with Crippen LogP contribution >= 0.6 is 0 Å². The molecule has 0 fully saturated rings. The van der Waals surface area contributed by atoms with E-state index >= 15 is 0 Å². The van der Waals surface area contributed by atoms with Crippen molar-refractivity contribution in [3.05, 3.63) is 41.5 Å². The predicted octanol–water partition coefficient (Wildman–Crippen LogP) is 1.98. The first-order valence-electron chi connectivity index (χ1n) is 6.45. The topological polar surface area (TPSA) is 52.0 Å². The van der Waals surface area contributed by atoms with Crippen molar-refractivity contribution in [2.75, 3.05) is 6.54 Å². The molecule has 8 heteroatoms. The van der Waals surface area contributed by atoms with Gasteiger partial charge < -0.3 is 10.1 Å².